The Morgan fingerprint density at radius 2 is 1.63 bits per heavy atom. The van der Waals surface area contributed by atoms with E-state index in [1.54, 1.807) is 7.11 Å². The molecule has 4 heteroatoms. The SMILES string of the molecule is COCCOCCOC1(CNC(C)(C)C)CCCC1. The molecule has 1 rings (SSSR count). The molecule has 0 amide bonds. The average molecular weight is 273 g/mol. The lowest BCUT2D eigenvalue weighted by Gasteiger charge is -2.33. The molecule has 0 saturated heterocycles. The minimum Gasteiger partial charge on any atom is -0.382 e. The molecule has 1 aliphatic rings. The van der Waals surface area contributed by atoms with Crippen LogP contribution in [0.2, 0.25) is 0 Å². The van der Waals surface area contributed by atoms with Crippen LogP contribution < -0.4 is 5.32 Å². The van der Waals surface area contributed by atoms with Crippen molar-refractivity contribution < 1.29 is 14.2 Å². The van der Waals surface area contributed by atoms with Crippen LogP contribution in [0.4, 0.5) is 0 Å². The first-order chi connectivity index (χ1) is 8.97. The van der Waals surface area contributed by atoms with Crippen LogP contribution in [0.25, 0.3) is 0 Å². The Hall–Kier alpha value is -0.160. The third-order valence-corrected chi connectivity index (χ3v) is 3.52. The molecule has 114 valence electrons. The molecule has 0 unspecified atom stereocenters. The summed E-state index contributed by atoms with van der Waals surface area (Å²) in [7, 11) is 1.69. The fourth-order valence-corrected chi connectivity index (χ4v) is 2.38. The van der Waals surface area contributed by atoms with Gasteiger partial charge in [-0.15, -0.1) is 0 Å². The Kier molecular flexibility index (Phi) is 7.29. The van der Waals surface area contributed by atoms with Crippen LogP contribution in [-0.4, -0.2) is 51.2 Å². The molecule has 0 atom stereocenters. The molecular weight excluding hydrogens is 242 g/mol. The first-order valence-electron chi connectivity index (χ1n) is 7.43. The summed E-state index contributed by atoms with van der Waals surface area (Å²) in [5, 5.41) is 3.58. The second-order valence-electron chi connectivity index (χ2n) is 6.45. The summed E-state index contributed by atoms with van der Waals surface area (Å²) in [5.41, 5.74) is 0.172. The van der Waals surface area contributed by atoms with Crippen LogP contribution in [-0.2, 0) is 14.2 Å². The molecule has 0 bridgehead atoms. The van der Waals surface area contributed by atoms with E-state index in [0.717, 1.165) is 19.4 Å². The number of nitrogens with one attached hydrogen (secondary N) is 1. The zero-order chi connectivity index (χ0) is 14.2. The molecule has 1 aliphatic carbocycles. The molecule has 0 aliphatic heterocycles. The minimum absolute atomic E-state index is 0.0257. The maximum atomic E-state index is 6.14. The van der Waals surface area contributed by atoms with Gasteiger partial charge in [0.2, 0.25) is 0 Å². The summed E-state index contributed by atoms with van der Waals surface area (Å²) >= 11 is 0. The van der Waals surface area contributed by atoms with Crippen molar-refractivity contribution in [2.75, 3.05) is 40.1 Å². The first kappa shape index (κ1) is 16.9. The second-order valence-corrected chi connectivity index (χ2v) is 6.45. The molecule has 0 radical (unpaired) electrons. The summed E-state index contributed by atoms with van der Waals surface area (Å²) in [5.74, 6) is 0. The van der Waals surface area contributed by atoms with Crippen molar-refractivity contribution in [2.24, 2.45) is 0 Å². The normalized spacial score (nSPS) is 18.9. The van der Waals surface area contributed by atoms with Crippen molar-refractivity contribution in [3.05, 3.63) is 0 Å². The molecule has 0 spiro atoms. The topological polar surface area (TPSA) is 39.7 Å². The van der Waals surface area contributed by atoms with E-state index >= 15 is 0 Å². The van der Waals surface area contributed by atoms with Crippen LogP contribution >= 0.6 is 0 Å². The van der Waals surface area contributed by atoms with Crippen LogP contribution in [0.1, 0.15) is 46.5 Å². The summed E-state index contributed by atoms with van der Waals surface area (Å²) in [6, 6.07) is 0. The molecule has 1 saturated carbocycles. The largest absolute Gasteiger partial charge is 0.382 e. The van der Waals surface area contributed by atoms with Gasteiger partial charge in [-0.25, -0.2) is 0 Å². The fraction of sp³-hybridized carbons (Fsp3) is 1.00. The lowest BCUT2D eigenvalue weighted by atomic mass is 9.99. The molecular formula is C15H31NO3. The highest BCUT2D eigenvalue weighted by atomic mass is 16.5. The highest BCUT2D eigenvalue weighted by molar-refractivity contribution is 4.90. The predicted molar refractivity (Wildman–Crippen MR) is 77.6 cm³/mol. The zero-order valence-electron chi connectivity index (χ0n) is 13.1. The highest BCUT2D eigenvalue weighted by Gasteiger charge is 2.35. The van der Waals surface area contributed by atoms with Crippen LogP contribution in [0, 0.1) is 0 Å². The Morgan fingerprint density at radius 1 is 1.00 bits per heavy atom. The van der Waals surface area contributed by atoms with E-state index in [1.807, 2.05) is 0 Å². The van der Waals surface area contributed by atoms with E-state index < -0.39 is 0 Å². The molecule has 0 aromatic heterocycles. The maximum absolute atomic E-state index is 6.14. The monoisotopic (exact) mass is 273 g/mol. The van der Waals surface area contributed by atoms with Gasteiger partial charge in [0.15, 0.2) is 0 Å². The van der Waals surface area contributed by atoms with Crippen LogP contribution in [0.5, 0.6) is 0 Å². The average Bonchev–Trinajstić information content (AvgIpc) is 2.80. The van der Waals surface area contributed by atoms with Crippen molar-refractivity contribution in [2.45, 2.75) is 57.6 Å². The fourth-order valence-electron chi connectivity index (χ4n) is 2.38. The third-order valence-electron chi connectivity index (χ3n) is 3.52. The Labute approximate surface area is 118 Å². The molecule has 1 N–H and O–H groups in total. The van der Waals surface area contributed by atoms with Gasteiger partial charge in [0.25, 0.3) is 0 Å². The first-order valence-corrected chi connectivity index (χ1v) is 7.43. The van der Waals surface area contributed by atoms with Crippen molar-refractivity contribution >= 4 is 0 Å². The van der Waals surface area contributed by atoms with Crippen LogP contribution in [0.15, 0.2) is 0 Å². The second kappa shape index (κ2) is 8.20. The number of hydrogen-bond donors (Lipinski definition) is 1. The van der Waals surface area contributed by atoms with E-state index in [2.05, 4.69) is 26.1 Å². The molecule has 0 aromatic carbocycles. The number of hydrogen-bond acceptors (Lipinski definition) is 4. The Bertz CT molecular complexity index is 232. The maximum Gasteiger partial charge on any atom is 0.0807 e. The third kappa shape index (κ3) is 7.25. The van der Waals surface area contributed by atoms with Gasteiger partial charge in [-0.3, -0.25) is 0 Å². The van der Waals surface area contributed by atoms with Gasteiger partial charge in [0.1, 0.15) is 0 Å². The number of methoxy groups -OCH3 is 1. The van der Waals surface area contributed by atoms with Crippen molar-refractivity contribution in [3.63, 3.8) is 0 Å². The van der Waals surface area contributed by atoms with Gasteiger partial charge in [-0.2, -0.15) is 0 Å². The zero-order valence-corrected chi connectivity index (χ0v) is 13.1. The molecule has 4 nitrogen and oxygen atoms in total. The van der Waals surface area contributed by atoms with E-state index in [0.29, 0.717) is 26.4 Å². The number of rotatable bonds is 9. The minimum atomic E-state index is 0.0257. The molecule has 0 aromatic rings. The lowest BCUT2D eigenvalue weighted by molar-refractivity contribution is -0.0681. The summed E-state index contributed by atoms with van der Waals surface area (Å²) in [6.07, 6.45) is 4.87. The summed E-state index contributed by atoms with van der Waals surface area (Å²) in [4.78, 5) is 0. The van der Waals surface area contributed by atoms with E-state index in [9.17, 15) is 0 Å². The Morgan fingerprint density at radius 3 is 2.21 bits per heavy atom. The van der Waals surface area contributed by atoms with Gasteiger partial charge in [0.05, 0.1) is 32.0 Å². The Balaban J connectivity index is 2.24. The standard InChI is InChI=1S/C15H31NO3/c1-14(2,3)16-13-15(7-5-6-8-15)19-12-11-18-10-9-17-4/h16H,5-13H2,1-4H3. The van der Waals surface area contributed by atoms with Gasteiger partial charge >= 0.3 is 0 Å². The van der Waals surface area contributed by atoms with Gasteiger partial charge in [-0.1, -0.05) is 12.8 Å². The van der Waals surface area contributed by atoms with Crippen LogP contribution in [0.3, 0.4) is 0 Å². The highest BCUT2D eigenvalue weighted by Crippen LogP contribution is 2.33. The molecule has 0 heterocycles. The van der Waals surface area contributed by atoms with E-state index in [1.165, 1.54) is 12.8 Å². The summed E-state index contributed by atoms with van der Waals surface area (Å²) in [6.45, 7) is 10.2. The molecule has 1 fully saturated rings. The van der Waals surface area contributed by atoms with Gasteiger partial charge < -0.3 is 19.5 Å². The summed E-state index contributed by atoms with van der Waals surface area (Å²) < 4.78 is 16.5. The smallest absolute Gasteiger partial charge is 0.0807 e. The van der Waals surface area contributed by atoms with Crippen molar-refractivity contribution in [1.29, 1.82) is 0 Å². The quantitative estimate of drug-likeness (QED) is 0.655. The van der Waals surface area contributed by atoms with Crippen molar-refractivity contribution in [3.8, 4) is 0 Å². The van der Waals surface area contributed by atoms with Gasteiger partial charge in [-0.05, 0) is 33.6 Å². The number of ether oxygens (including phenoxy) is 3. The van der Waals surface area contributed by atoms with Crippen molar-refractivity contribution in [1.82, 2.24) is 5.32 Å². The predicted octanol–water partition coefficient (Wildman–Crippen LogP) is 2.37. The molecule has 19 heavy (non-hydrogen) atoms. The van der Waals surface area contributed by atoms with E-state index in [-0.39, 0.29) is 11.1 Å². The van der Waals surface area contributed by atoms with E-state index in [4.69, 9.17) is 14.2 Å². The lowest BCUT2D eigenvalue weighted by Crippen LogP contribution is -2.48. The van der Waals surface area contributed by atoms with Gasteiger partial charge in [0, 0.05) is 19.2 Å².